The maximum atomic E-state index is 13.8. The summed E-state index contributed by atoms with van der Waals surface area (Å²) in [5, 5.41) is 2.92. The molecule has 190 valence electrons. The number of nitrogens with one attached hydrogen (secondary N) is 1. The van der Waals surface area contributed by atoms with E-state index in [0.29, 0.717) is 50.6 Å². The summed E-state index contributed by atoms with van der Waals surface area (Å²) in [6, 6.07) is 15.4. The normalized spacial score (nSPS) is 18.3. The van der Waals surface area contributed by atoms with E-state index in [1.807, 2.05) is 67.3 Å². The van der Waals surface area contributed by atoms with Gasteiger partial charge < -0.3 is 29.5 Å². The van der Waals surface area contributed by atoms with Gasteiger partial charge in [-0.05, 0) is 42.7 Å². The average molecular weight is 493 g/mol. The predicted molar refractivity (Wildman–Crippen MR) is 133 cm³/mol. The molecule has 2 fully saturated rings. The van der Waals surface area contributed by atoms with Crippen LogP contribution in [0.2, 0.25) is 0 Å². The fourth-order valence-electron chi connectivity index (χ4n) is 5.27. The van der Waals surface area contributed by atoms with Crippen molar-refractivity contribution in [2.24, 2.45) is 5.92 Å². The quantitative estimate of drug-likeness (QED) is 0.666. The smallest absolute Gasteiger partial charge is 0.250 e. The molecule has 3 aliphatic heterocycles. The molecule has 3 heterocycles. The third-order valence-corrected chi connectivity index (χ3v) is 7.24. The second-order valence-corrected chi connectivity index (χ2v) is 9.88. The Morgan fingerprint density at radius 1 is 1.03 bits per heavy atom. The van der Waals surface area contributed by atoms with Crippen molar-refractivity contribution < 1.29 is 23.9 Å². The molecule has 1 spiro atoms. The third kappa shape index (κ3) is 4.45. The molecule has 2 aromatic rings. The van der Waals surface area contributed by atoms with Crippen molar-refractivity contribution in [2.75, 3.05) is 38.0 Å². The highest BCUT2D eigenvalue weighted by atomic mass is 16.7. The first kappa shape index (κ1) is 24.0. The van der Waals surface area contributed by atoms with E-state index in [1.54, 1.807) is 4.90 Å². The number of amides is 3. The summed E-state index contributed by atoms with van der Waals surface area (Å²) in [6.07, 6.45) is 1.07. The highest BCUT2D eigenvalue weighted by Gasteiger charge is 2.54. The topological polar surface area (TPSA) is 91.4 Å². The van der Waals surface area contributed by atoms with Gasteiger partial charge in [-0.3, -0.25) is 14.4 Å². The molecule has 5 rings (SSSR count). The summed E-state index contributed by atoms with van der Waals surface area (Å²) in [7, 11) is 0. The molecule has 0 radical (unpaired) electrons. The van der Waals surface area contributed by atoms with Crippen LogP contribution in [0.25, 0.3) is 0 Å². The Labute approximate surface area is 210 Å². The fourth-order valence-corrected chi connectivity index (χ4v) is 5.27. The van der Waals surface area contributed by atoms with Crippen molar-refractivity contribution >= 4 is 23.4 Å². The molecule has 0 unspecified atom stereocenters. The standard InChI is InChI=1S/C27H32N4O5/c1-19(2)25(33)29-12-10-27(11-13-29)26(34)30(17-31(27)21-6-4-3-5-7-21)16-24(32)28-15-20-8-9-22-23(14-20)36-18-35-22/h3-9,14,19H,10-13,15-18H2,1-2H3,(H,28,32). The van der Waals surface area contributed by atoms with Crippen LogP contribution in [0, 0.1) is 5.92 Å². The average Bonchev–Trinajstić information content (AvgIpc) is 3.46. The second kappa shape index (κ2) is 9.72. The van der Waals surface area contributed by atoms with Crippen LogP contribution in [0.1, 0.15) is 32.3 Å². The Morgan fingerprint density at radius 3 is 2.47 bits per heavy atom. The first-order chi connectivity index (χ1) is 17.4. The number of rotatable bonds is 6. The van der Waals surface area contributed by atoms with Crippen LogP contribution in [0.5, 0.6) is 11.5 Å². The molecule has 3 amide bonds. The number of anilines is 1. The lowest BCUT2D eigenvalue weighted by molar-refractivity contribution is -0.141. The maximum Gasteiger partial charge on any atom is 0.250 e. The molecule has 0 saturated carbocycles. The summed E-state index contributed by atoms with van der Waals surface area (Å²) in [5.74, 6) is 1.12. The predicted octanol–water partition coefficient (Wildman–Crippen LogP) is 2.35. The van der Waals surface area contributed by atoms with E-state index < -0.39 is 5.54 Å². The van der Waals surface area contributed by atoms with Crippen LogP contribution < -0.4 is 19.7 Å². The van der Waals surface area contributed by atoms with Crippen LogP contribution in [0.3, 0.4) is 0 Å². The van der Waals surface area contributed by atoms with Crippen molar-refractivity contribution in [3.05, 3.63) is 54.1 Å². The summed E-state index contributed by atoms with van der Waals surface area (Å²) >= 11 is 0. The van der Waals surface area contributed by atoms with Gasteiger partial charge in [0.05, 0.1) is 6.67 Å². The van der Waals surface area contributed by atoms with Crippen molar-refractivity contribution in [3.63, 3.8) is 0 Å². The van der Waals surface area contributed by atoms with E-state index in [0.717, 1.165) is 11.3 Å². The molecule has 2 aromatic carbocycles. The van der Waals surface area contributed by atoms with Crippen LogP contribution in [-0.4, -0.2) is 66.2 Å². The zero-order valence-corrected chi connectivity index (χ0v) is 20.7. The van der Waals surface area contributed by atoms with Gasteiger partial charge in [0.2, 0.25) is 18.6 Å². The van der Waals surface area contributed by atoms with Gasteiger partial charge in [-0.2, -0.15) is 0 Å². The number of para-hydroxylation sites is 1. The summed E-state index contributed by atoms with van der Waals surface area (Å²) in [5.41, 5.74) is 1.08. The number of carbonyl (C=O) groups excluding carboxylic acids is 3. The number of nitrogens with zero attached hydrogens (tertiary/aromatic N) is 3. The van der Waals surface area contributed by atoms with Gasteiger partial charge in [0.15, 0.2) is 11.5 Å². The Bertz CT molecular complexity index is 1140. The minimum atomic E-state index is -0.757. The molecule has 0 aliphatic carbocycles. The number of hydrogen-bond donors (Lipinski definition) is 1. The van der Waals surface area contributed by atoms with Crippen LogP contribution in [0.15, 0.2) is 48.5 Å². The Kier molecular flexibility index (Phi) is 6.47. The first-order valence-corrected chi connectivity index (χ1v) is 12.4. The lowest BCUT2D eigenvalue weighted by atomic mass is 9.85. The van der Waals surface area contributed by atoms with Crippen LogP contribution in [0.4, 0.5) is 5.69 Å². The molecule has 2 saturated heterocycles. The molecule has 1 N–H and O–H groups in total. The van der Waals surface area contributed by atoms with Gasteiger partial charge in [-0.1, -0.05) is 38.1 Å². The van der Waals surface area contributed by atoms with Gasteiger partial charge in [0.25, 0.3) is 5.91 Å². The number of benzene rings is 2. The van der Waals surface area contributed by atoms with E-state index in [-0.39, 0.29) is 37.0 Å². The molecule has 3 aliphatic rings. The van der Waals surface area contributed by atoms with Crippen molar-refractivity contribution in [2.45, 2.75) is 38.8 Å². The number of likely N-dealkylation sites (tertiary alicyclic amines) is 1. The summed E-state index contributed by atoms with van der Waals surface area (Å²) in [4.78, 5) is 44.8. The number of hydrogen-bond acceptors (Lipinski definition) is 6. The van der Waals surface area contributed by atoms with Crippen molar-refractivity contribution in [1.29, 1.82) is 0 Å². The first-order valence-electron chi connectivity index (χ1n) is 12.4. The second-order valence-electron chi connectivity index (χ2n) is 9.88. The summed E-state index contributed by atoms with van der Waals surface area (Å²) < 4.78 is 10.7. The van der Waals surface area contributed by atoms with E-state index in [9.17, 15) is 14.4 Å². The zero-order chi connectivity index (χ0) is 25.3. The lowest BCUT2D eigenvalue weighted by Gasteiger charge is -2.43. The molecule has 0 atom stereocenters. The van der Waals surface area contributed by atoms with Gasteiger partial charge in [-0.25, -0.2) is 0 Å². The van der Waals surface area contributed by atoms with Crippen LogP contribution in [-0.2, 0) is 20.9 Å². The van der Waals surface area contributed by atoms with Gasteiger partial charge in [0, 0.05) is 31.2 Å². The minimum Gasteiger partial charge on any atom is -0.454 e. The SMILES string of the molecule is CC(C)C(=O)N1CCC2(CC1)C(=O)N(CC(=O)NCc1ccc3c(c1)OCO3)CN2c1ccccc1. The molecule has 0 aromatic heterocycles. The Hall–Kier alpha value is -3.75. The van der Waals surface area contributed by atoms with Crippen molar-refractivity contribution in [3.8, 4) is 11.5 Å². The van der Waals surface area contributed by atoms with E-state index in [2.05, 4.69) is 10.2 Å². The Balaban J connectivity index is 1.27. The molecular formula is C27H32N4O5. The van der Waals surface area contributed by atoms with Crippen LogP contribution >= 0.6 is 0 Å². The van der Waals surface area contributed by atoms with Gasteiger partial charge >= 0.3 is 0 Å². The number of fused-ring (bicyclic) bond motifs is 1. The van der Waals surface area contributed by atoms with E-state index >= 15 is 0 Å². The molecular weight excluding hydrogens is 460 g/mol. The van der Waals surface area contributed by atoms with E-state index in [4.69, 9.17) is 9.47 Å². The number of ether oxygens (including phenoxy) is 2. The number of piperidine rings is 1. The lowest BCUT2D eigenvalue weighted by Crippen LogP contribution is -2.57. The van der Waals surface area contributed by atoms with E-state index in [1.165, 1.54) is 0 Å². The van der Waals surface area contributed by atoms with Crippen molar-refractivity contribution in [1.82, 2.24) is 15.1 Å². The largest absolute Gasteiger partial charge is 0.454 e. The van der Waals surface area contributed by atoms with Gasteiger partial charge in [-0.15, -0.1) is 0 Å². The third-order valence-electron chi connectivity index (χ3n) is 7.24. The zero-order valence-electron chi connectivity index (χ0n) is 20.7. The molecule has 0 bridgehead atoms. The molecule has 36 heavy (non-hydrogen) atoms. The molecule has 9 nitrogen and oxygen atoms in total. The van der Waals surface area contributed by atoms with Gasteiger partial charge in [0.1, 0.15) is 12.1 Å². The summed E-state index contributed by atoms with van der Waals surface area (Å²) in [6.45, 7) is 5.68. The highest BCUT2D eigenvalue weighted by molar-refractivity contribution is 5.96. The maximum absolute atomic E-state index is 13.8. The minimum absolute atomic E-state index is 0.0247. The molecule has 9 heteroatoms. The number of carbonyl (C=O) groups is 3. The highest BCUT2D eigenvalue weighted by Crippen LogP contribution is 2.39. The Morgan fingerprint density at radius 2 is 1.75 bits per heavy atom. The fraction of sp³-hybridized carbons (Fsp3) is 0.444. The monoisotopic (exact) mass is 492 g/mol.